The Hall–Kier alpha value is -1.60. The summed E-state index contributed by atoms with van der Waals surface area (Å²) in [5.41, 5.74) is 2.41. The van der Waals surface area contributed by atoms with E-state index in [2.05, 4.69) is 56.0 Å². The Balaban J connectivity index is 2.54. The first-order valence-corrected chi connectivity index (χ1v) is 6.15. The lowest BCUT2D eigenvalue weighted by molar-refractivity contribution is 1.67. The number of rotatable bonds is 1. The lowest BCUT2D eigenvalue weighted by atomic mass is 10.1. The molecule has 0 bridgehead atoms. The van der Waals surface area contributed by atoms with Crippen LogP contribution < -0.4 is 0 Å². The van der Waals surface area contributed by atoms with E-state index in [4.69, 9.17) is 0 Å². The Bertz CT molecular complexity index is 689. The highest BCUT2D eigenvalue weighted by Gasteiger charge is 2.07. The number of benzene rings is 2. The molecule has 1 aromatic heterocycles. The van der Waals surface area contributed by atoms with Gasteiger partial charge < -0.3 is 0 Å². The van der Waals surface area contributed by atoms with Crippen molar-refractivity contribution in [1.29, 1.82) is 0 Å². The standard InChI is InChI=1S/C15H12S/c1-10(2)11-7-5-8-13-12-6-3-4-9-14(12)16-15(11)13/h3-9H,1H2,2H3. The van der Waals surface area contributed by atoms with Crippen LogP contribution in [0.5, 0.6) is 0 Å². The van der Waals surface area contributed by atoms with Crippen LogP contribution in [0.4, 0.5) is 0 Å². The summed E-state index contributed by atoms with van der Waals surface area (Å²) in [6.45, 7) is 6.12. The Labute approximate surface area is 98.8 Å². The first kappa shape index (κ1) is 9.61. The number of fused-ring (bicyclic) bond motifs is 3. The van der Waals surface area contributed by atoms with E-state index in [1.807, 2.05) is 11.3 Å². The molecular formula is C15H12S. The molecule has 0 nitrogen and oxygen atoms in total. The van der Waals surface area contributed by atoms with Crippen molar-refractivity contribution in [3.05, 3.63) is 54.6 Å². The Kier molecular flexibility index (Phi) is 2.08. The quantitative estimate of drug-likeness (QED) is 0.540. The molecule has 2 aromatic carbocycles. The molecule has 16 heavy (non-hydrogen) atoms. The topological polar surface area (TPSA) is 0 Å². The summed E-state index contributed by atoms with van der Waals surface area (Å²) in [4.78, 5) is 0. The number of hydrogen-bond acceptors (Lipinski definition) is 1. The van der Waals surface area contributed by atoms with Gasteiger partial charge in [-0.05, 0) is 24.1 Å². The average Bonchev–Trinajstić information content (AvgIpc) is 2.67. The minimum Gasteiger partial charge on any atom is -0.135 e. The van der Waals surface area contributed by atoms with Crippen molar-refractivity contribution >= 4 is 37.1 Å². The number of allylic oxidation sites excluding steroid dienone is 1. The molecule has 3 aromatic rings. The molecule has 1 heteroatoms. The highest BCUT2D eigenvalue weighted by atomic mass is 32.1. The summed E-state index contributed by atoms with van der Waals surface area (Å²) in [5, 5.41) is 2.70. The highest BCUT2D eigenvalue weighted by Crippen LogP contribution is 2.37. The second kappa shape index (κ2) is 3.46. The van der Waals surface area contributed by atoms with Gasteiger partial charge in [-0.25, -0.2) is 0 Å². The molecule has 0 atom stereocenters. The third kappa shape index (κ3) is 1.29. The first-order chi connectivity index (χ1) is 7.77. The van der Waals surface area contributed by atoms with Gasteiger partial charge in [-0.2, -0.15) is 0 Å². The third-order valence-corrected chi connectivity index (χ3v) is 4.08. The maximum absolute atomic E-state index is 4.05. The van der Waals surface area contributed by atoms with E-state index in [0.717, 1.165) is 5.57 Å². The molecule has 0 aliphatic carbocycles. The van der Waals surface area contributed by atoms with Crippen LogP contribution in [0.3, 0.4) is 0 Å². The molecule has 1 heterocycles. The first-order valence-electron chi connectivity index (χ1n) is 5.33. The van der Waals surface area contributed by atoms with Crippen LogP contribution in [0.15, 0.2) is 49.0 Å². The van der Waals surface area contributed by atoms with Gasteiger partial charge in [-0.3, -0.25) is 0 Å². The molecule has 0 N–H and O–H groups in total. The molecule has 0 spiro atoms. The summed E-state index contributed by atoms with van der Waals surface area (Å²) >= 11 is 1.86. The van der Waals surface area contributed by atoms with Crippen LogP contribution in [0.1, 0.15) is 12.5 Å². The lowest BCUT2D eigenvalue weighted by Gasteiger charge is -2.00. The van der Waals surface area contributed by atoms with E-state index in [1.54, 1.807) is 0 Å². The largest absolute Gasteiger partial charge is 0.135 e. The fourth-order valence-electron chi connectivity index (χ4n) is 2.08. The second-order valence-corrected chi connectivity index (χ2v) is 5.11. The molecule has 0 amide bonds. The summed E-state index contributed by atoms with van der Waals surface area (Å²) in [6, 6.07) is 15.0. The Morgan fingerprint density at radius 3 is 2.56 bits per heavy atom. The van der Waals surface area contributed by atoms with Crippen LogP contribution >= 0.6 is 11.3 Å². The molecule has 0 fully saturated rings. The molecule has 3 rings (SSSR count). The van der Waals surface area contributed by atoms with Crippen LogP contribution in [0, 0.1) is 0 Å². The van der Waals surface area contributed by atoms with E-state index in [9.17, 15) is 0 Å². The molecule has 0 saturated carbocycles. The predicted molar refractivity (Wildman–Crippen MR) is 74.0 cm³/mol. The number of hydrogen-bond donors (Lipinski definition) is 0. The molecule has 0 unspecified atom stereocenters. The van der Waals surface area contributed by atoms with Gasteiger partial charge in [-0.1, -0.05) is 43.0 Å². The number of thiophene rings is 1. The monoisotopic (exact) mass is 224 g/mol. The van der Waals surface area contributed by atoms with Gasteiger partial charge in [0.1, 0.15) is 0 Å². The zero-order chi connectivity index (χ0) is 11.1. The fourth-order valence-corrected chi connectivity index (χ4v) is 3.38. The van der Waals surface area contributed by atoms with Gasteiger partial charge in [0.2, 0.25) is 0 Å². The van der Waals surface area contributed by atoms with Crippen LogP contribution in [-0.4, -0.2) is 0 Å². The molecule has 0 aliphatic heterocycles. The van der Waals surface area contributed by atoms with Crippen molar-refractivity contribution in [2.45, 2.75) is 6.92 Å². The van der Waals surface area contributed by atoms with Crippen LogP contribution in [-0.2, 0) is 0 Å². The van der Waals surface area contributed by atoms with E-state index < -0.39 is 0 Å². The lowest BCUT2D eigenvalue weighted by Crippen LogP contribution is -1.76. The second-order valence-electron chi connectivity index (χ2n) is 4.06. The van der Waals surface area contributed by atoms with E-state index in [0.29, 0.717) is 0 Å². The zero-order valence-corrected chi connectivity index (χ0v) is 9.97. The van der Waals surface area contributed by atoms with Gasteiger partial charge >= 0.3 is 0 Å². The van der Waals surface area contributed by atoms with Crippen molar-refractivity contribution in [3.8, 4) is 0 Å². The predicted octanol–water partition coefficient (Wildman–Crippen LogP) is 5.09. The molecule has 78 valence electrons. The Morgan fingerprint density at radius 2 is 1.75 bits per heavy atom. The van der Waals surface area contributed by atoms with E-state index >= 15 is 0 Å². The maximum Gasteiger partial charge on any atom is 0.0430 e. The average molecular weight is 224 g/mol. The summed E-state index contributed by atoms with van der Waals surface area (Å²) in [6.07, 6.45) is 0. The minimum absolute atomic E-state index is 1.14. The van der Waals surface area contributed by atoms with Crippen LogP contribution in [0.2, 0.25) is 0 Å². The Morgan fingerprint density at radius 1 is 1.00 bits per heavy atom. The van der Waals surface area contributed by atoms with Crippen molar-refractivity contribution in [3.63, 3.8) is 0 Å². The zero-order valence-electron chi connectivity index (χ0n) is 9.16. The van der Waals surface area contributed by atoms with Gasteiger partial charge in [0.25, 0.3) is 0 Å². The van der Waals surface area contributed by atoms with Gasteiger partial charge in [0.15, 0.2) is 0 Å². The maximum atomic E-state index is 4.05. The van der Waals surface area contributed by atoms with Crippen molar-refractivity contribution in [2.24, 2.45) is 0 Å². The smallest absolute Gasteiger partial charge is 0.0430 e. The SMILES string of the molecule is C=C(C)c1cccc2c1sc1ccccc12. The molecule has 0 saturated heterocycles. The normalized spacial score (nSPS) is 11.1. The molecular weight excluding hydrogens is 212 g/mol. The van der Waals surface area contributed by atoms with Gasteiger partial charge in [0.05, 0.1) is 0 Å². The van der Waals surface area contributed by atoms with Crippen molar-refractivity contribution in [2.75, 3.05) is 0 Å². The van der Waals surface area contributed by atoms with Gasteiger partial charge in [-0.15, -0.1) is 11.3 Å². The van der Waals surface area contributed by atoms with E-state index in [-0.39, 0.29) is 0 Å². The van der Waals surface area contributed by atoms with Crippen LogP contribution in [0.25, 0.3) is 25.7 Å². The fraction of sp³-hybridized carbons (Fsp3) is 0.0667. The summed E-state index contributed by atoms with van der Waals surface area (Å²) in [5.74, 6) is 0. The van der Waals surface area contributed by atoms with Crippen molar-refractivity contribution < 1.29 is 0 Å². The summed E-state index contributed by atoms with van der Waals surface area (Å²) in [7, 11) is 0. The van der Waals surface area contributed by atoms with Gasteiger partial charge in [0, 0.05) is 20.2 Å². The molecule has 0 radical (unpaired) electrons. The third-order valence-electron chi connectivity index (χ3n) is 2.86. The highest BCUT2D eigenvalue weighted by molar-refractivity contribution is 7.26. The van der Waals surface area contributed by atoms with Crippen molar-refractivity contribution in [1.82, 2.24) is 0 Å². The van der Waals surface area contributed by atoms with E-state index in [1.165, 1.54) is 25.7 Å². The molecule has 0 aliphatic rings. The summed E-state index contributed by atoms with van der Waals surface area (Å²) < 4.78 is 2.71. The minimum atomic E-state index is 1.14.